The van der Waals surface area contributed by atoms with Crippen LogP contribution in [0.5, 0.6) is 5.75 Å². The van der Waals surface area contributed by atoms with Crippen LogP contribution in [-0.4, -0.2) is 17.1 Å². The molecular weight excluding hydrogens is 272 g/mol. The summed E-state index contributed by atoms with van der Waals surface area (Å²) in [6, 6.07) is 14.5. The number of hydrogen-bond acceptors (Lipinski definition) is 2. The number of aromatic amines is 1. The molecule has 0 saturated heterocycles. The van der Waals surface area contributed by atoms with E-state index in [1.807, 2.05) is 24.3 Å². The predicted molar refractivity (Wildman–Crippen MR) is 91.2 cm³/mol. The van der Waals surface area contributed by atoms with E-state index in [1.54, 1.807) is 7.11 Å². The maximum atomic E-state index is 5.20. The average Bonchev–Trinajstić information content (AvgIpc) is 2.96. The second kappa shape index (κ2) is 6.22. The van der Waals surface area contributed by atoms with Gasteiger partial charge in [0, 0.05) is 5.56 Å². The molecule has 0 aliphatic carbocycles. The Morgan fingerprint density at radius 1 is 1.09 bits per heavy atom. The molecule has 0 saturated carbocycles. The molecule has 1 heterocycles. The lowest BCUT2D eigenvalue weighted by Crippen LogP contribution is -1.91. The van der Waals surface area contributed by atoms with Gasteiger partial charge >= 0.3 is 0 Å². The standard InChI is InChI=1S/C19H22N2O/c1-13(2)4-5-14-6-11-17-18(12-14)21-19(20-17)15-7-9-16(22-3)10-8-15/h6-13H,4-5H2,1-3H3,(H,20,21). The number of methoxy groups -OCH3 is 1. The number of fused-ring (bicyclic) bond motifs is 1. The zero-order valence-electron chi connectivity index (χ0n) is 13.4. The van der Waals surface area contributed by atoms with E-state index < -0.39 is 0 Å². The van der Waals surface area contributed by atoms with Gasteiger partial charge < -0.3 is 9.72 Å². The van der Waals surface area contributed by atoms with Crippen molar-refractivity contribution in [2.75, 3.05) is 7.11 Å². The average molecular weight is 294 g/mol. The monoisotopic (exact) mass is 294 g/mol. The number of ether oxygens (including phenoxy) is 1. The molecule has 0 atom stereocenters. The van der Waals surface area contributed by atoms with Gasteiger partial charge in [-0.1, -0.05) is 19.9 Å². The summed E-state index contributed by atoms with van der Waals surface area (Å²) in [5.41, 5.74) is 4.55. The smallest absolute Gasteiger partial charge is 0.138 e. The molecule has 0 amide bonds. The van der Waals surface area contributed by atoms with Crippen molar-refractivity contribution >= 4 is 11.0 Å². The van der Waals surface area contributed by atoms with Gasteiger partial charge in [0.15, 0.2) is 0 Å². The molecule has 1 N–H and O–H groups in total. The van der Waals surface area contributed by atoms with E-state index in [0.717, 1.165) is 40.5 Å². The minimum Gasteiger partial charge on any atom is -0.497 e. The highest BCUT2D eigenvalue weighted by atomic mass is 16.5. The first-order valence-electron chi connectivity index (χ1n) is 7.79. The largest absolute Gasteiger partial charge is 0.497 e. The number of aromatic nitrogens is 2. The number of hydrogen-bond donors (Lipinski definition) is 1. The Morgan fingerprint density at radius 3 is 2.55 bits per heavy atom. The Morgan fingerprint density at radius 2 is 1.86 bits per heavy atom. The molecular formula is C19H22N2O. The predicted octanol–water partition coefficient (Wildman–Crippen LogP) is 4.83. The first-order chi connectivity index (χ1) is 10.7. The first-order valence-corrected chi connectivity index (χ1v) is 7.79. The molecule has 0 aliphatic heterocycles. The normalized spacial score (nSPS) is 11.3. The molecule has 0 fully saturated rings. The number of nitrogens with zero attached hydrogens (tertiary/aromatic N) is 1. The summed E-state index contributed by atoms with van der Waals surface area (Å²) in [6.45, 7) is 4.52. The van der Waals surface area contributed by atoms with Gasteiger partial charge in [-0.15, -0.1) is 0 Å². The van der Waals surface area contributed by atoms with E-state index >= 15 is 0 Å². The molecule has 3 rings (SSSR count). The Hall–Kier alpha value is -2.29. The fraction of sp³-hybridized carbons (Fsp3) is 0.316. The lowest BCUT2D eigenvalue weighted by Gasteiger charge is -2.04. The number of nitrogens with one attached hydrogen (secondary N) is 1. The zero-order chi connectivity index (χ0) is 15.5. The van der Waals surface area contributed by atoms with Gasteiger partial charge in [0.25, 0.3) is 0 Å². The molecule has 0 radical (unpaired) electrons. The lowest BCUT2D eigenvalue weighted by atomic mass is 10.0. The summed E-state index contributed by atoms with van der Waals surface area (Å²) in [4.78, 5) is 8.10. The number of imidazole rings is 1. The Kier molecular flexibility index (Phi) is 4.14. The van der Waals surface area contributed by atoms with Crippen LogP contribution in [0, 0.1) is 5.92 Å². The SMILES string of the molecule is COc1ccc(-c2nc3ccc(CCC(C)C)cc3[nH]2)cc1. The third-order valence-electron chi connectivity index (χ3n) is 3.92. The van der Waals surface area contributed by atoms with Crippen LogP contribution in [0.1, 0.15) is 25.8 Å². The maximum absolute atomic E-state index is 5.20. The van der Waals surface area contributed by atoms with Crippen LogP contribution < -0.4 is 4.74 Å². The van der Waals surface area contributed by atoms with Crippen LogP contribution >= 0.6 is 0 Å². The summed E-state index contributed by atoms with van der Waals surface area (Å²) in [6.07, 6.45) is 2.33. The molecule has 3 aromatic rings. The highest BCUT2D eigenvalue weighted by Gasteiger charge is 2.07. The molecule has 3 nitrogen and oxygen atoms in total. The van der Waals surface area contributed by atoms with Gasteiger partial charge in [-0.3, -0.25) is 0 Å². The van der Waals surface area contributed by atoms with Crippen molar-refractivity contribution in [1.29, 1.82) is 0 Å². The van der Waals surface area contributed by atoms with E-state index in [1.165, 1.54) is 12.0 Å². The molecule has 0 bridgehead atoms. The Labute approximate surface area is 131 Å². The zero-order valence-corrected chi connectivity index (χ0v) is 13.4. The first kappa shape index (κ1) is 14.6. The second-order valence-electron chi connectivity index (χ2n) is 6.10. The van der Waals surface area contributed by atoms with Gasteiger partial charge in [0.05, 0.1) is 18.1 Å². The Bertz CT molecular complexity index is 757. The van der Waals surface area contributed by atoms with Gasteiger partial charge in [-0.05, 0) is 60.7 Å². The van der Waals surface area contributed by atoms with Crippen molar-refractivity contribution in [3.8, 4) is 17.1 Å². The van der Waals surface area contributed by atoms with Crippen LogP contribution in [0.3, 0.4) is 0 Å². The van der Waals surface area contributed by atoms with Crippen LogP contribution in [0.15, 0.2) is 42.5 Å². The molecule has 114 valence electrons. The highest BCUT2D eigenvalue weighted by Crippen LogP contribution is 2.24. The van der Waals surface area contributed by atoms with E-state index in [9.17, 15) is 0 Å². The topological polar surface area (TPSA) is 37.9 Å². The van der Waals surface area contributed by atoms with Gasteiger partial charge in [0.2, 0.25) is 0 Å². The summed E-state index contributed by atoms with van der Waals surface area (Å²) in [7, 11) is 1.68. The third-order valence-corrected chi connectivity index (χ3v) is 3.92. The summed E-state index contributed by atoms with van der Waals surface area (Å²) < 4.78 is 5.20. The van der Waals surface area contributed by atoms with Crippen molar-refractivity contribution in [3.05, 3.63) is 48.0 Å². The molecule has 0 spiro atoms. The number of aryl methyl sites for hydroxylation is 1. The van der Waals surface area contributed by atoms with Gasteiger partial charge in [-0.25, -0.2) is 4.98 Å². The van der Waals surface area contributed by atoms with Crippen molar-refractivity contribution in [2.45, 2.75) is 26.7 Å². The molecule has 1 aromatic heterocycles. The highest BCUT2D eigenvalue weighted by molar-refractivity contribution is 5.80. The summed E-state index contributed by atoms with van der Waals surface area (Å²) in [5, 5.41) is 0. The van der Waals surface area contributed by atoms with E-state index in [2.05, 4.69) is 42.0 Å². The van der Waals surface area contributed by atoms with Crippen LogP contribution in [0.2, 0.25) is 0 Å². The Balaban J connectivity index is 1.88. The van der Waals surface area contributed by atoms with Crippen LogP contribution in [-0.2, 0) is 6.42 Å². The van der Waals surface area contributed by atoms with Crippen molar-refractivity contribution in [2.24, 2.45) is 5.92 Å². The van der Waals surface area contributed by atoms with Crippen molar-refractivity contribution < 1.29 is 4.74 Å². The molecule has 0 aliphatic rings. The van der Waals surface area contributed by atoms with E-state index in [0.29, 0.717) is 0 Å². The number of rotatable bonds is 5. The quantitative estimate of drug-likeness (QED) is 0.732. The molecule has 3 heteroatoms. The molecule has 22 heavy (non-hydrogen) atoms. The third kappa shape index (κ3) is 3.14. The van der Waals surface area contributed by atoms with Crippen LogP contribution in [0.4, 0.5) is 0 Å². The maximum Gasteiger partial charge on any atom is 0.138 e. The van der Waals surface area contributed by atoms with E-state index in [4.69, 9.17) is 4.74 Å². The van der Waals surface area contributed by atoms with Gasteiger partial charge in [0.1, 0.15) is 11.6 Å². The number of benzene rings is 2. The van der Waals surface area contributed by atoms with Crippen molar-refractivity contribution in [3.63, 3.8) is 0 Å². The van der Waals surface area contributed by atoms with Gasteiger partial charge in [-0.2, -0.15) is 0 Å². The van der Waals surface area contributed by atoms with E-state index in [-0.39, 0.29) is 0 Å². The van der Waals surface area contributed by atoms with Crippen molar-refractivity contribution in [1.82, 2.24) is 9.97 Å². The summed E-state index contributed by atoms with van der Waals surface area (Å²) in [5.74, 6) is 2.49. The fourth-order valence-corrected chi connectivity index (χ4v) is 2.55. The summed E-state index contributed by atoms with van der Waals surface area (Å²) >= 11 is 0. The molecule has 0 unspecified atom stereocenters. The lowest BCUT2D eigenvalue weighted by molar-refractivity contribution is 0.415. The number of H-pyrrole nitrogens is 1. The second-order valence-corrected chi connectivity index (χ2v) is 6.10. The minimum atomic E-state index is 0.729. The molecule has 2 aromatic carbocycles. The fourth-order valence-electron chi connectivity index (χ4n) is 2.55. The minimum absolute atomic E-state index is 0.729. The van der Waals surface area contributed by atoms with Crippen LogP contribution in [0.25, 0.3) is 22.4 Å².